The maximum Gasteiger partial charge on any atom is 0.303 e. The van der Waals surface area contributed by atoms with Gasteiger partial charge in [-0.1, -0.05) is 5.11 Å². The lowest BCUT2D eigenvalue weighted by Gasteiger charge is -2.47. The minimum absolute atomic E-state index is 0.523. The Morgan fingerprint density at radius 1 is 0.838 bits per heavy atom. The number of carbonyl (C=O) groups is 4. The number of azide groups is 1. The second kappa shape index (κ2) is 13.5. The summed E-state index contributed by atoms with van der Waals surface area (Å²) in [6.07, 6.45) is -14.1. The van der Waals surface area contributed by atoms with Gasteiger partial charge in [0, 0.05) is 32.6 Å². The minimum atomic E-state index is -1.79. The predicted octanol–water partition coefficient (Wildman–Crippen LogP) is -1.80. The van der Waals surface area contributed by atoms with Crippen molar-refractivity contribution in [2.75, 3.05) is 13.2 Å². The number of hydrogen-bond donors (Lipinski definition) is 3. The Labute approximate surface area is 210 Å². The van der Waals surface area contributed by atoms with Gasteiger partial charge in [-0.3, -0.25) is 19.2 Å². The van der Waals surface area contributed by atoms with Gasteiger partial charge in [0.2, 0.25) is 0 Å². The number of carbonyl (C=O) groups excluding carboxylic acids is 4. The van der Waals surface area contributed by atoms with Crippen LogP contribution in [0.2, 0.25) is 0 Å². The number of ether oxygens (including phenoxy) is 7. The zero-order chi connectivity index (χ0) is 27.9. The van der Waals surface area contributed by atoms with Crippen LogP contribution in [-0.2, 0) is 52.3 Å². The first-order chi connectivity index (χ1) is 17.4. The number of nitrogens with zero attached hydrogens (tertiary/aromatic N) is 3. The van der Waals surface area contributed by atoms with Crippen LogP contribution in [0, 0.1) is 0 Å². The summed E-state index contributed by atoms with van der Waals surface area (Å²) in [4.78, 5) is 49.6. The summed E-state index contributed by atoms with van der Waals surface area (Å²) in [5.74, 6) is -3.31. The maximum atomic E-state index is 11.9. The Hall–Kier alpha value is -3.05. The minimum Gasteiger partial charge on any atom is -0.463 e. The van der Waals surface area contributed by atoms with Crippen molar-refractivity contribution in [2.45, 2.75) is 89.0 Å². The normalized spacial score (nSPS) is 35.4. The highest BCUT2D eigenvalue weighted by molar-refractivity contribution is 5.68. The third-order valence-corrected chi connectivity index (χ3v) is 5.26. The van der Waals surface area contributed by atoms with Crippen molar-refractivity contribution < 1.29 is 67.7 Å². The van der Waals surface area contributed by atoms with Crippen LogP contribution in [-0.4, -0.2) is 114 Å². The van der Waals surface area contributed by atoms with Crippen molar-refractivity contribution in [2.24, 2.45) is 5.11 Å². The fourth-order valence-electron chi connectivity index (χ4n) is 3.87. The molecular weight excluding hydrogens is 506 g/mol. The van der Waals surface area contributed by atoms with Crippen LogP contribution in [0.1, 0.15) is 27.7 Å². The molecule has 0 spiro atoms. The van der Waals surface area contributed by atoms with Gasteiger partial charge in [-0.2, -0.15) is 0 Å². The van der Waals surface area contributed by atoms with Crippen LogP contribution in [0.4, 0.5) is 0 Å². The Bertz CT molecular complexity index is 896. The van der Waals surface area contributed by atoms with Gasteiger partial charge in [-0.15, -0.1) is 0 Å². The molecule has 2 heterocycles. The van der Waals surface area contributed by atoms with E-state index in [0.717, 1.165) is 27.7 Å². The van der Waals surface area contributed by atoms with E-state index < -0.39 is 98.4 Å². The number of aliphatic hydroxyl groups excluding tert-OH is 3. The summed E-state index contributed by atoms with van der Waals surface area (Å²) in [7, 11) is 0. The summed E-state index contributed by atoms with van der Waals surface area (Å²) < 4.78 is 37.5. The van der Waals surface area contributed by atoms with E-state index >= 15 is 0 Å². The van der Waals surface area contributed by atoms with Crippen molar-refractivity contribution in [1.29, 1.82) is 0 Å². The van der Waals surface area contributed by atoms with E-state index in [4.69, 9.17) is 38.7 Å². The molecule has 0 aliphatic carbocycles. The first-order valence-corrected chi connectivity index (χ1v) is 11.0. The van der Waals surface area contributed by atoms with Gasteiger partial charge in [0.15, 0.2) is 30.9 Å². The molecule has 2 fully saturated rings. The summed E-state index contributed by atoms with van der Waals surface area (Å²) in [6.45, 7) is 2.91. The van der Waals surface area contributed by atoms with Crippen molar-refractivity contribution in [3.05, 3.63) is 10.4 Å². The van der Waals surface area contributed by atoms with E-state index in [2.05, 4.69) is 10.0 Å². The number of esters is 4. The lowest BCUT2D eigenvalue weighted by molar-refractivity contribution is -0.346. The van der Waals surface area contributed by atoms with Crippen LogP contribution in [0.3, 0.4) is 0 Å². The molecule has 0 aromatic rings. The van der Waals surface area contributed by atoms with E-state index in [1.165, 1.54) is 0 Å². The molecule has 17 nitrogen and oxygen atoms in total. The third-order valence-electron chi connectivity index (χ3n) is 5.26. The molecule has 0 aromatic heterocycles. The first kappa shape index (κ1) is 30.2. The predicted molar refractivity (Wildman–Crippen MR) is 114 cm³/mol. The molecular formula is C20H29N3O14. The molecule has 0 amide bonds. The molecule has 10 atom stereocenters. The van der Waals surface area contributed by atoms with Gasteiger partial charge in [0.25, 0.3) is 0 Å². The zero-order valence-corrected chi connectivity index (χ0v) is 20.4. The molecule has 208 valence electrons. The molecule has 2 rings (SSSR count). The number of aliphatic hydroxyl groups is 3. The molecule has 0 bridgehead atoms. The van der Waals surface area contributed by atoms with Crippen LogP contribution < -0.4 is 0 Å². The molecule has 17 heteroatoms. The summed E-state index contributed by atoms with van der Waals surface area (Å²) in [5, 5.41) is 33.7. The molecule has 0 aromatic carbocycles. The number of hydrogen-bond acceptors (Lipinski definition) is 15. The Balaban J connectivity index is 2.51. The van der Waals surface area contributed by atoms with Gasteiger partial charge >= 0.3 is 23.9 Å². The Morgan fingerprint density at radius 3 is 1.92 bits per heavy atom. The molecule has 0 saturated carbocycles. The van der Waals surface area contributed by atoms with Gasteiger partial charge < -0.3 is 48.5 Å². The van der Waals surface area contributed by atoms with Crippen molar-refractivity contribution in [3.63, 3.8) is 0 Å². The van der Waals surface area contributed by atoms with Gasteiger partial charge in [-0.05, 0) is 5.53 Å². The smallest absolute Gasteiger partial charge is 0.303 e. The van der Waals surface area contributed by atoms with Crippen molar-refractivity contribution >= 4 is 23.9 Å². The number of rotatable bonds is 9. The van der Waals surface area contributed by atoms with Crippen LogP contribution in [0.5, 0.6) is 0 Å². The standard InChI is InChI=1S/C20H29N3O14/c1-7(25)31-6-12-16(32-8(2)26)17(33-9(3)27)18(34-10(4)28)20(36-12)37-15-11(5-24)35-19(30)13(14(15)29)22-23-21/h11-20,24,29-30H,5-6H2,1-4H3/t11-,12-,13-,14-,15-,16+,17+,18-,19-,20+/m1/s1. The van der Waals surface area contributed by atoms with Crippen LogP contribution >= 0.6 is 0 Å². The summed E-state index contributed by atoms with van der Waals surface area (Å²) in [5.41, 5.74) is 8.76. The first-order valence-electron chi connectivity index (χ1n) is 11.0. The summed E-state index contributed by atoms with van der Waals surface area (Å²) >= 11 is 0. The van der Waals surface area contributed by atoms with E-state index in [1.54, 1.807) is 0 Å². The lowest BCUT2D eigenvalue weighted by atomic mass is 9.95. The summed E-state index contributed by atoms with van der Waals surface area (Å²) in [6, 6.07) is -1.57. The van der Waals surface area contributed by atoms with Crippen molar-refractivity contribution in [3.8, 4) is 0 Å². The van der Waals surface area contributed by atoms with Crippen LogP contribution in [0.15, 0.2) is 5.11 Å². The lowest BCUT2D eigenvalue weighted by Crippen LogP contribution is -2.66. The average molecular weight is 535 g/mol. The fraction of sp³-hybridized carbons (Fsp3) is 0.800. The Kier molecular flexibility index (Phi) is 11.0. The zero-order valence-electron chi connectivity index (χ0n) is 20.4. The molecule has 37 heavy (non-hydrogen) atoms. The quantitative estimate of drug-likeness (QED) is 0.0970. The van der Waals surface area contributed by atoms with E-state index in [0.29, 0.717) is 0 Å². The van der Waals surface area contributed by atoms with E-state index in [9.17, 15) is 34.5 Å². The highest BCUT2D eigenvalue weighted by Crippen LogP contribution is 2.33. The van der Waals surface area contributed by atoms with Crippen molar-refractivity contribution in [1.82, 2.24) is 0 Å². The molecule has 2 aliphatic heterocycles. The fourth-order valence-corrected chi connectivity index (χ4v) is 3.87. The van der Waals surface area contributed by atoms with E-state index in [1.807, 2.05) is 0 Å². The molecule has 0 unspecified atom stereocenters. The molecule has 2 saturated heterocycles. The third kappa shape index (κ3) is 7.96. The topological polar surface area (TPSA) is 242 Å². The van der Waals surface area contributed by atoms with E-state index in [-0.39, 0.29) is 0 Å². The van der Waals surface area contributed by atoms with Gasteiger partial charge in [-0.25, -0.2) is 0 Å². The maximum absolute atomic E-state index is 11.9. The van der Waals surface area contributed by atoms with Gasteiger partial charge in [0.1, 0.15) is 31.0 Å². The second-order valence-electron chi connectivity index (χ2n) is 8.10. The molecule has 0 radical (unpaired) electrons. The molecule has 3 N–H and O–H groups in total. The monoisotopic (exact) mass is 535 g/mol. The highest BCUT2D eigenvalue weighted by Gasteiger charge is 2.55. The SMILES string of the molecule is CC(=O)OC[C@H]1O[C@@H](O[C@H]2[C@H](O)[C@@H](N=[N+]=[N-])[C@H](O)O[C@@H]2CO)[C@H](OC(C)=O)[C@@H](OC(C)=O)[C@H]1OC(C)=O. The average Bonchev–Trinajstić information content (AvgIpc) is 2.79. The molecule has 2 aliphatic rings. The second-order valence-corrected chi connectivity index (χ2v) is 8.10. The van der Waals surface area contributed by atoms with Gasteiger partial charge in [0.05, 0.1) is 12.7 Å². The Morgan fingerprint density at radius 2 is 1.41 bits per heavy atom. The van der Waals surface area contributed by atoms with Crippen LogP contribution in [0.25, 0.3) is 10.4 Å². The highest BCUT2D eigenvalue weighted by atomic mass is 16.7. The largest absolute Gasteiger partial charge is 0.463 e.